The average molecular weight is 432 g/mol. The molecule has 1 aliphatic heterocycles. The number of aryl methyl sites for hydroxylation is 1. The number of nitrogens with zero attached hydrogens (tertiary/aromatic N) is 4. The fraction of sp³-hybridized carbons (Fsp3) is 0.429. The van der Waals surface area contributed by atoms with Gasteiger partial charge in [0.05, 0.1) is 6.54 Å². The van der Waals surface area contributed by atoms with Gasteiger partial charge in [-0.1, -0.05) is 12.1 Å². The first-order valence-electron chi connectivity index (χ1n) is 9.90. The first-order valence-corrected chi connectivity index (χ1v) is 11.3. The molecule has 8 nitrogen and oxygen atoms in total. The number of likely N-dealkylation sites (N-methyl/N-ethyl adjacent to an activating group) is 2. The topological polar surface area (TPSA) is 85.8 Å². The molecule has 3 rings (SSSR count). The van der Waals surface area contributed by atoms with Crippen LogP contribution < -0.4 is 10.2 Å². The van der Waals surface area contributed by atoms with Crippen LogP contribution in [-0.2, 0) is 14.8 Å². The van der Waals surface area contributed by atoms with Gasteiger partial charge in [0.1, 0.15) is 10.7 Å². The van der Waals surface area contributed by atoms with Gasteiger partial charge in [0.2, 0.25) is 15.9 Å². The van der Waals surface area contributed by atoms with Crippen molar-refractivity contribution in [2.75, 3.05) is 57.0 Å². The summed E-state index contributed by atoms with van der Waals surface area (Å²) in [6, 6.07) is 8.96. The molecule has 0 unspecified atom stereocenters. The SMILES string of the molecule is Cc1cccc(NC(=O)CN(C)c2ccc(S(=O)(=O)N3CCN(C)CC3)cn2)c1C. The number of hydrogen-bond acceptors (Lipinski definition) is 6. The van der Waals surface area contributed by atoms with E-state index in [-0.39, 0.29) is 17.3 Å². The molecule has 9 heteroatoms. The van der Waals surface area contributed by atoms with Gasteiger partial charge in [-0.05, 0) is 50.2 Å². The van der Waals surface area contributed by atoms with Gasteiger partial charge < -0.3 is 15.1 Å². The van der Waals surface area contributed by atoms with Crippen LogP contribution in [0, 0.1) is 13.8 Å². The molecular formula is C21H29N5O3S. The molecule has 162 valence electrons. The second-order valence-electron chi connectivity index (χ2n) is 7.71. The molecule has 1 aromatic heterocycles. The summed E-state index contributed by atoms with van der Waals surface area (Å²) in [5.74, 6) is 0.366. The number of piperazine rings is 1. The Morgan fingerprint density at radius 3 is 2.47 bits per heavy atom. The van der Waals surface area contributed by atoms with Crippen molar-refractivity contribution in [1.29, 1.82) is 0 Å². The van der Waals surface area contributed by atoms with E-state index in [1.807, 2.05) is 39.1 Å². The summed E-state index contributed by atoms with van der Waals surface area (Å²) in [5.41, 5.74) is 2.93. The lowest BCUT2D eigenvalue weighted by Crippen LogP contribution is -2.47. The van der Waals surface area contributed by atoms with Crippen molar-refractivity contribution in [3.63, 3.8) is 0 Å². The molecule has 0 spiro atoms. The number of aromatic nitrogens is 1. The summed E-state index contributed by atoms with van der Waals surface area (Å²) in [6.45, 7) is 6.43. The van der Waals surface area contributed by atoms with Crippen molar-refractivity contribution < 1.29 is 13.2 Å². The number of hydrogen-bond donors (Lipinski definition) is 1. The lowest BCUT2D eigenvalue weighted by molar-refractivity contribution is -0.114. The Hall–Kier alpha value is -2.49. The number of sulfonamides is 1. The highest BCUT2D eigenvalue weighted by atomic mass is 32.2. The fourth-order valence-corrected chi connectivity index (χ4v) is 4.67. The van der Waals surface area contributed by atoms with Gasteiger partial charge in [-0.2, -0.15) is 4.31 Å². The van der Waals surface area contributed by atoms with Crippen LogP contribution in [0.5, 0.6) is 0 Å². The van der Waals surface area contributed by atoms with Crippen molar-refractivity contribution in [3.05, 3.63) is 47.7 Å². The Morgan fingerprint density at radius 1 is 1.13 bits per heavy atom. The normalized spacial score (nSPS) is 15.7. The minimum Gasteiger partial charge on any atom is -0.350 e. The summed E-state index contributed by atoms with van der Waals surface area (Å²) in [6.07, 6.45) is 1.36. The Kier molecular flexibility index (Phi) is 6.74. The van der Waals surface area contributed by atoms with Crippen LogP contribution in [0.4, 0.5) is 11.5 Å². The van der Waals surface area contributed by atoms with E-state index < -0.39 is 10.0 Å². The highest BCUT2D eigenvalue weighted by Crippen LogP contribution is 2.20. The van der Waals surface area contributed by atoms with Crippen LogP contribution in [0.15, 0.2) is 41.4 Å². The molecule has 0 aliphatic carbocycles. The van der Waals surface area contributed by atoms with Gasteiger partial charge in [0, 0.05) is 45.1 Å². The van der Waals surface area contributed by atoms with E-state index in [0.29, 0.717) is 32.0 Å². The van der Waals surface area contributed by atoms with E-state index in [9.17, 15) is 13.2 Å². The molecule has 2 heterocycles. The molecule has 1 fully saturated rings. The molecule has 2 aromatic rings. The van der Waals surface area contributed by atoms with Gasteiger partial charge in [-0.3, -0.25) is 4.79 Å². The summed E-state index contributed by atoms with van der Waals surface area (Å²) in [4.78, 5) is 20.7. The molecule has 0 bridgehead atoms. The number of pyridine rings is 1. The van der Waals surface area contributed by atoms with Crippen LogP contribution in [0.3, 0.4) is 0 Å². The summed E-state index contributed by atoms with van der Waals surface area (Å²) in [5, 5.41) is 2.92. The first-order chi connectivity index (χ1) is 14.2. The predicted molar refractivity (Wildman–Crippen MR) is 118 cm³/mol. The van der Waals surface area contributed by atoms with Crippen LogP contribution >= 0.6 is 0 Å². The number of amides is 1. The Labute approximate surface area is 178 Å². The van der Waals surface area contributed by atoms with Crippen LogP contribution in [0.2, 0.25) is 0 Å². The van der Waals surface area contributed by atoms with Crippen molar-refractivity contribution in [1.82, 2.24) is 14.2 Å². The molecule has 1 saturated heterocycles. The van der Waals surface area contributed by atoms with Crippen molar-refractivity contribution in [2.24, 2.45) is 0 Å². The van der Waals surface area contributed by atoms with Crippen LogP contribution in [0.25, 0.3) is 0 Å². The van der Waals surface area contributed by atoms with E-state index in [2.05, 4.69) is 15.2 Å². The van der Waals surface area contributed by atoms with Gasteiger partial charge in [-0.15, -0.1) is 0 Å². The first kappa shape index (κ1) is 22.2. The van der Waals surface area contributed by atoms with Crippen LogP contribution in [0.1, 0.15) is 11.1 Å². The number of carbonyl (C=O) groups is 1. The van der Waals surface area contributed by atoms with E-state index in [1.54, 1.807) is 24.1 Å². The summed E-state index contributed by atoms with van der Waals surface area (Å²) >= 11 is 0. The zero-order chi connectivity index (χ0) is 21.9. The van der Waals surface area contributed by atoms with Gasteiger partial charge in [-0.25, -0.2) is 13.4 Å². The largest absolute Gasteiger partial charge is 0.350 e. The van der Waals surface area contributed by atoms with E-state index >= 15 is 0 Å². The van der Waals surface area contributed by atoms with Gasteiger partial charge in [0.15, 0.2) is 0 Å². The summed E-state index contributed by atoms with van der Waals surface area (Å²) < 4.78 is 27.1. The molecule has 0 saturated carbocycles. The zero-order valence-electron chi connectivity index (χ0n) is 17.9. The average Bonchev–Trinajstić information content (AvgIpc) is 2.72. The molecular weight excluding hydrogens is 402 g/mol. The minimum atomic E-state index is -3.55. The third kappa shape index (κ3) is 4.97. The lowest BCUT2D eigenvalue weighted by atomic mass is 10.1. The molecule has 30 heavy (non-hydrogen) atoms. The highest BCUT2D eigenvalue weighted by molar-refractivity contribution is 7.89. The lowest BCUT2D eigenvalue weighted by Gasteiger charge is -2.31. The number of nitrogens with one attached hydrogen (secondary N) is 1. The molecule has 1 N–H and O–H groups in total. The maximum absolute atomic E-state index is 12.8. The van der Waals surface area contributed by atoms with E-state index in [1.165, 1.54) is 10.5 Å². The smallest absolute Gasteiger partial charge is 0.244 e. The van der Waals surface area contributed by atoms with Crippen molar-refractivity contribution in [2.45, 2.75) is 18.7 Å². The second-order valence-corrected chi connectivity index (χ2v) is 9.65. The zero-order valence-corrected chi connectivity index (χ0v) is 18.7. The third-order valence-electron chi connectivity index (χ3n) is 5.47. The van der Waals surface area contributed by atoms with E-state index in [0.717, 1.165) is 16.8 Å². The van der Waals surface area contributed by atoms with Gasteiger partial charge >= 0.3 is 0 Å². The summed E-state index contributed by atoms with van der Waals surface area (Å²) in [7, 11) is 0.174. The van der Waals surface area contributed by atoms with Crippen molar-refractivity contribution >= 4 is 27.4 Å². The number of benzene rings is 1. The Morgan fingerprint density at radius 2 is 1.83 bits per heavy atom. The van der Waals surface area contributed by atoms with Gasteiger partial charge in [0.25, 0.3) is 0 Å². The Balaban J connectivity index is 1.64. The number of rotatable bonds is 6. The maximum Gasteiger partial charge on any atom is 0.244 e. The Bertz CT molecular complexity index is 1000. The molecule has 0 atom stereocenters. The quantitative estimate of drug-likeness (QED) is 0.750. The van der Waals surface area contributed by atoms with Crippen molar-refractivity contribution in [3.8, 4) is 0 Å². The highest BCUT2D eigenvalue weighted by Gasteiger charge is 2.27. The monoisotopic (exact) mass is 431 g/mol. The second kappa shape index (κ2) is 9.11. The molecule has 1 amide bonds. The molecule has 1 aliphatic rings. The maximum atomic E-state index is 12.8. The standard InChI is InChI=1S/C21H29N5O3S/c1-16-6-5-7-19(17(16)2)23-21(27)15-25(4)20-9-8-18(14-22-20)30(28,29)26-12-10-24(3)11-13-26/h5-9,14H,10-13,15H2,1-4H3,(H,23,27). The molecule has 0 radical (unpaired) electrons. The predicted octanol–water partition coefficient (Wildman–Crippen LogP) is 1.71. The van der Waals surface area contributed by atoms with Crippen LogP contribution in [-0.4, -0.2) is 75.3 Å². The van der Waals surface area contributed by atoms with E-state index in [4.69, 9.17) is 0 Å². The fourth-order valence-electron chi connectivity index (χ4n) is 3.30. The number of anilines is 2. The number of carbonyl (C=O) groups excluding carboxylic acids is 1. The third-order valence-corrected chi connectivity index (χ3v) is 7.35. The molecule has 1 aromatic carbocycles. The minimum absolute atomic E-state index is 0.102.